The average Bonchev–Trinajstić information content (AvgIpc) is 2.03. The van der Waals surface area contributed by atoms with Crippen LogP contribution in [0.15, 0.2) is 18.3 Å². The lowest BCUT2D eigenvalue weighted by molar-refractivity contribution is 0.294. The molecule has 0 aliphatic rings. The zero-order valence-corrected chi connectivity index (χ0v) is 6.83. The molecule has 66 valence electrons. The molecule has 0 bridgehead atoms. The first-order valence-corrected chi connectivity index (χ1v) is 3.68. The minimum atomic E-state index is -0.511. The first-order valence-electron chi connectivity index (χ1n) is 3.68. The van der Waals surface area contributed by atoms with E-state index >= 15 is 0 Å². The van der Waals surface area contributed by atoms with Gasteiger partial charge in [-0.15, -0.1) is 0 Å². The molecule has 0 aromatic carbocycles. The molecule has 0 unspecified atom stereocenters. The molecule has 2 N–H and O–H groups in total. The van der Waals surface area contributed by atoms with Gasteiger partial charge >= 0.3 is 0 Å². The van der Waals surface area contributed by atoms with Crippen molar-refractivity contribution in [2.45, 2.75) is 13.0 Å². The molecule has 0 amide bonds. The first kappa shape index (κ1) is 8.93. The Morgan fingerprint density at radius 2 is 2.42 bits per heavy atom. The standard InChI is InChI=1S/C8H11FN2O/c1-6(10)5-12-7-2-3-8(9)11-4-7/h2-4,6H,5,10H2,1H3/t6-/m0/s1. The van der Waals surface area contributed by atoms with Crippen LogP contribution in [0.1, 0.15) is 6.92 Å². The van der Waals surface area contributed by atoms with Gasteiger partial charge in [-0.05, 0) is 19.1 Å². The maximum atomic E-state index is 12.3. The topological polar surface area (TPSA) is 48.1 Å². The van der Waals surface area contributed by atoms with E-state index in [0.29, 0.717) is 12.4 Å². The quantitative estimate of drug-likeness (QED) is 0.687. The van der Waals surface area contributed by atoms with Crippen LogP contribution in [0.2, 0.25) is 0 Å². The van der Waals surface area contributed by atoms with Gasteiger partial charge in [0.15, 0.2) is 0 Å². The van der Waals surface area contributed by atoms with E-state index in [-0.39, 0.29) is 6.04 Å². The number of halogens is 1. The van der Waals surface area contributed by atoms with Crippen LogP contribution in [0.3, 0.4) is 0 Å². The van der Waals surface area contributed by atoms with E-state index in [4.69, 9.17) is 10.5 Å². The molecule has 0 saturated carbocycles. The Balaban J connectivity index is 2.48. The Morgan fingerprint density at radius 3 is 2.92 bits per heavy atom. The van der Waals surface area contributed by atoms with Crippen molar-refractivity contribution in [2.75, 3.05) is 6.61 Å². The summed E-state index contributed by atoms with van der Waals surface area (Å²) in [4.78, 5) is 3.42. The zero-order valence-electron chi connectivity index (χ0n) is 6.83. The summed E-state index contributed by atoms with van der Waals surface area (Å²) in [7, 11) is 0. The lowest BCUT2D eigenvalue weighted by atomic mass is 10.4. The zero-order chi connectivity index (χ0) is 8.97. The number of nitrogens with zero attached hydrogens (tertiary/aromatic N) is 1. The van der Waals surface area contributed by atoms with Crippen molar-refractivity contribution < 1.29 is 9.13 Å². The number of hydrogen-bond donors (Lipinski definition) is 1. The largest absolute Gasteiger partial charge is 0.490 e. The molecule has 1 heterocycles. The van der Waals surface area contributed by atoms with Crippen LogP contribution in [-0.4, -0.2) is 17.6 Å². The van der Waals surface area contributed by atoms with Crippen molar-refractivity contribution in [3.63, 3.8) is 0 Å². The lowest BCUT2D eigenvalue weighted by Gasteiger charge is -2.07. The molecule has 1 rings (SSSR count). The molecule has 0 fully saturated rings. The SMILES string of the molecule is C[C@H](N)COc1ccc(F)nc1. The molecular formula is C8H11FN2O. The van der Waals surface area contributed by atoms with E-state index in [9.17, 15) is 4.39 Å². The Morgan fingerprint density at radius 1 is 1.67 bits per heavy atom. The van der Waals surface area contributed by atoms with Gasteiger partial charge in [0.1, 0.15) is 12.4 Å². The minimum absolute atomic E-state index is 0.0324. The number of ether oxygens (including phenoxy) is 1. The Kier molecular flexibility index (Phi) is 2.99. The monoisotopic (exact) mass is 170 g/mol. The summed E-state index contributed by atoms with van der Waals surface area (Å²) in [6, 6.07) is 2.73. The predicted molar refractivity (Wildman–Crippen MR) is 43.3 cm³/mol. The Hall–Kier alpha value is -1.16. The number of rotatable bonds is 3. The van der Waals surface area contributed by atoms with Gasteiger partial charge in [0, 0.05) is 6.04 Å². The summed E-state index contributed by atoms with van der Waals surface area (Å²) in [5, 5.41) is 0. The molecule has 1 atom stereocenters. The summed E-state index contributed by atoms with van der Waals surface area (Å²) in [5.74, 6) is 0.0249. The van der Waals surface area contributed by atoms with Crippen LogP contribution in [0.4, 0.5) is 4.39 Å². The second kappa shape index (κ2) is 4.01. The summed E-state index contributed by atoms with van der Waals surface area (Å²) in [5.41, 5.74) is 5.45. The number of pyridine rings is 1. The summed E-state index contributed by atoms with van der Waals surface area (Å²) < 4.78 is 17.5. The van der Waals surface area contributed by atoms with Crippen molar-refractivity contribution in [3.8, 4) is 5.75 Å². The fraction of sp³-hybridized carbons (Fsp3) is 0.375. The highest BCUT2D eigenvalue weighted by Gasteiger charge is 1.97. The number of aromatic nitrogens is 1. The highest BCUT2D eigenvalue weighted by molar-refractivity contribution is 5.16. The van der Waals surface area contributed by atoms with Crippen LogP contribution < -0.4 is 10.5 Å². The second-order valence-corrected chi connectivity index (χ2v) is 2.60. The van der Waals surface area contributed by atoms with Crippen LogP contribution in [0.5, 0.6) is 5.75 Å². The van der Waals surface area contributed by atoms with Gasteiger partial charge in [-0.3, -0.25) is 0 Å². The lowest BCUT2D eigenvalue weighted by Crippen LogP contribution is -2.23. The van der Waals surface area contributed by atoms with Gasteiger partial charge < -0.3 is 10.5 Å². The minimum Gasteiger partial charge on any atom is -0.490 e. The molecule has 0 aliphatic carbocycles. The molecule has 1 aromatic rings. The molecule has 4 heteroatoms. The van der Waals surface area contributed by atoms with Crippen LogP contribution in [0, 0.1) is 5.95 Å². The Labute approximate surface area is 70.4 Å². The highest BCUT2D eigenvalue weighted by Crippen LogP contribution is 2.07. The third-order valence-corrected chi connectivity index (χ3v) is 1.21. The maximum absolute atomic E-state index is 12.3. The van der Waals surface area contributed by atoms with E-state index < -0.39 is 5.95 Å². The van der Waals surface area contributed by atoms with Gasteiger partial charge in [-0.2, -0.15) is 4.39 Å². The van der Waals surface area contributed by atoms with Crippen molar-refractivity contribution in [1.29, 1.82) is 0 Å². The van der Waals surface area contributed by atoms with Gasteiger partial charge in [-0.1, -0.05) is 0 Å². The van der Waals surface area contributed by atoms with Crippen molar-refractivity contribution >= 4 is 0 Å². The third-order valence-electron chi connectivity index (χ3n) is 1.21. The van der Waals surface area contributed by atoms with Crippen LogP contribution in [-0.2, 0) is 0 Å². The molecule has 0 radical (unpaired) electrons. The average molecular weight is 170 g/mol. The van der Waals surface area contributed by atoms with Gasteiger partial charge in [-0.25, -0.2) is 4.98 Å². The summed E-state index contributed by atoms with van der Waals surface area (Å²) in [6.45, 7) is 2.24. The van der Waals surface area contributed by atoms with E-state index in [2.05, 4.69) is 4.98 Å². The fourth-order valence-electron chi connectivity index (χ4n) is 0.675. The molecule has 0 spiro atoms. The molecule has 1 aromatic heterocycles. The maximum Gasteiger partial charge on any atom is 0.213 e. The Bertz CT molecular complexity index is 235. The highest BCUT2D eigenvalue weighted by atomic mass is 19.1. The second-order valence-electron chi connectivity index (χ2n) is 2.60. The molecular weight excluding hydrogens is 159 g/mol. The first-order chi connectivity index (χ1) is 5.68. The van der Waals surface area contributed by atoms with Crippen LogP contribution >= 0.6 is 0 Å². The van der Waals surface area contributed by atoms with Gasteiger partial charge in [0.05, 0.1) is 6.20 Å². The van der Waals surface area contributed by atoms with E-state index in [1.807, 2.05) is 6.92 Å². The van der Waals surface area contributed by atoms with Gasteiger partial charge in [0.2, 0.25) is 5.95 Å². The van der Waals surface area contributed by atoms with Crippen molar-refractivity contribution in [3.05, 3.63) is 24.3 Å². The third kappa shape index (κ3) is 2.84. The van der Waals surface area contributed by atoms with Crippen molar-refractivity contribution in [2.24, 2.45) is 5.73 Å². The summed E-state index contributed by atoms with van der Waals surface area (Å²) >= 11 is 0. The molecule has 0 saturated heterocycles. The molecule has 12 heavy (non-hydrogen) atoms. The predicted octanol–water partition coefficient (Wildman–Crippen LogP) is 0.947. The van der Waals surface area contributed by atoms with Gasteiger partial charge in [0.25, 0.3) is 0 Å². The number of nitrogens with two attached hydrogens (primary N) is 1. The molecule has 0 aliphatic heterocycles. The molecule has 3 nitrogen and oxygen atoms in total. The van der Waals surface area contributed by atoms with E-state index in [1.54, 1.807) is 0 Å². The van der Waals surface area contributed by atoms with Crippen molar-refractivity contribution in [1.82, 2.24) is 4.98 Å². The van der Waals surface area contributed by atoms with Crippen LogP contribution in [0.25, 0.3) is 0 Å². The normalized spacial score (nSPS) is 12.6. The fourth-order valence-corrected chi connectivity index (χ4v) is 0.675. The summed E-state index contributed by atoms with van der Waals surface area (Å²) in [6.07, 6.45) is 1.33. The van der Waals surface area contributed by atoms with E-state index in [0.717, 1.165) is 0 Å². The smallest absolute Gasteiger partial charge is 0.213 e. The van der Waals surface area contributed by atoms with E-state index in [1.165, 1.54) is 18.3 Å². The number of hydrogen-bond acceptors (Lipinski definition) is 3.